The largest absolute Gasteiger partial charge is 0.293 e. The van der Waals surface area contributed by atoms with Gasteiger partial charge < -0.3 is 0 Å². The normalized spacial score (nSPS) is 10.8. The van der Waals surface area contributed by atoms with E-state index in [9.17, 15) is 4.79 Å². The van der Waals surface area contributed by atoms with Crippen LogP contribution in [0.15, 0.2) is 45.0 Å². The molecule has 0 aliphatic carbocycles. The molecule has 1 aromatic carbocycles. The first-order valence-corrected chi connectivity index (χ1v) is 7.31. The molecule has 0 saturated carbocycles. The van der Waals surface area contributed by atoms with E-state index in [0.717, 1.165) is 21.4 Å². The lowest BCUT2D eigenvalue weighted by atomic mass is 10.2. The van der Waals surface area contributed by atoms with Crippen LogP contribution in [0, 0.1) is 6.92 Å². The number of thiazole rings is 1. The fourth-order valence-electron chi connectivity index (χ4n) is 1.78. The third kappa shape index (κ3) is 2.41. The molecule has 0 saturated heterocycles. The van der Waals surface area contributed by atoms with Crippen molar-refractivity contribution in [1.82, 2.24) is 14.8 Å². The number of H-pyrrole nitrogens is 1. The lowest BCUT2D eigenvalue weighted by Crippen LogP contribution is -2.12. The number of aromatic amines is 1. The number of aromatic nitrogens is 3. The van der Waals surface area contributed by atoms with Gasteiger partial charge in [0.25, 0.3) is 5.56 Å². The van der Waals surface area contributed by atoms with Crippen molar-refractivity contribution in [3.05, 3.63) is 56.2 Å². The molecule has 0 unspecified atom stereocenters. The van der Waals surface area contributed by atoms with Gasteiger partial charge in [-0.25, -0.2) is 4.98 Å². The molecule has 2 aromatic heterocycles. The molecule has 19 heavy (non-hydrogen) atoms. The third-order valence-corrected chi connectivity index (χ3v) is 4.03. The van der Waals surface area contributed by atoms with E-state index in [4.69, 9.17) is 0 Å². The van der Waals surface area contributed by atoms with Crippen molar-refractivity contribution in [2.24, 2.45) is 0 Å². The minimum Gasteiger partial charge on any atom is -0.293 e. The third-order valence-electron chi connectivity index (χ3n) is 2.67. The van der Waals surface area contributed by atoms with Gasteiger partial charge in [-0.15, -0.1) is 11.3 Å². The summed E-state index contributed by atoms with van der Waals surface area (Å²) in [4.78, 5) is 16.2. The highest BCUT2D eigenvalue weighted by molar-refractivity contribution is 9.10. The van der Waals surface area contributed by atoms with Crippen LogP contribution >= 0.6 is 27.3 Å². The van der Waals surface area contributed by atoms with Gasteiger partial charge in [0.1, 0.15) is 0 Å². The zero-order valence-electron chi connectivity index (χ0n) is 10.1. The van der Waals surface area contributed by atoms with E-state index >= 15 is 0 Å². The highest BCUT2D eigenvalue weighted by Crippen LogP contribution is 2.24. The predicted octanol–water partition coefficient (Wildman–Crippen LogP) is 3.36. The first-order chi connectivity index (χ1) is 9.13. The molecule has 0 aliphatic rings. The smallest absolute Gasteiger partial charge is 0.273 e. The molecule has 4 nitrogen and oxygen atoms in total. The lowest BCUT2D eigenvalue weighted by Gasteiger charge is -1.97. The van der Waals surface area contributed by atoms with Crippen molar-refractivity contribution >= 4 is 27.3 Å². The van der Waals surface area contributed by atoms with Crippen LogP contribution in [0.25, 0.3) is 16.4 Å². The Morgan fingerprint density at radius 2 is 2.05 bits per heavy atom. The summed E-state index contributed by atoms with van der Waals surface area (Å²) in [5, 5.41) is 5.57. The molecule has 0 radical (unpaired) electrons. The molecule has 6 heteroatoms. The maximum absolute atomic E-state index is 11.7. The molecule has 0 fully saturated rings. The summed E-state index contributed by atoms with van der Waals surface area (Å²) in [5.74, 6) is 0. The van der Waals surface area contributed by atoms with Crippen molar-refractivity contribution in [3.63, 3.8) is 0 Å². The molecular formula is C13H10BrN3OS. The highest BCUT2D eigenvalue weighted by atomic mass is 79.9. The Morgan fingerprint density at radius 3 is 2.68 bits per heavy atom. The molecule has 3 aromatic rings. The zero-order chi connectivity index (χ0) is 13.4. The molecule has 3 rings (SSSR count). The van der Waals surface area contributed by atoms with E-state index < -0.39 is 0 Å². The van der Waals surface area contributed by atoms with E-state index in [1.807, 2.05) is 36.6 Å². The first-order valence-electron chi connectivity index (χ1n) is 5.64. The summed E-state index contributed by atoms with van der Waals surface area (Å²) in [5.41, 5.74) is 2.63. The second-order valence-electron chi connectivity index (χ2n) is 4.14. The number of hydrogen-bond donors (Lipinski definition) is 1. The molecule has 2 heterocycles. The fourth-order valence-corrected chi connectivity index (χ4v) is 2.84. The maximum Gasteiger partial charge on any atom is 0.273 e. The number of hydrogen-bond acceptors (Lipinski definition) is 3. The summed E-state index contributed by atoms with van der Waals surface area (Å²) in [6, 6.07) is 9.48. The van der Waals surface area contributed by atoms with Gasteiger partial charge in [0.05, 0.1) is 5.69 Å². The lowest BCUT2D eigenvalue weighted by molar-refractivity contribution is 0.827. The number of benzene rings is 1. The second kappa shape index (κ2) is 4.79. The van der Waals surface area contributed by atoms with Crippen LogP contribution in [0.1, 0.15) is 5.69 Å². The minimum absolute atomic E-state index is 0.0887. The van der Waals surface area contributed by atoms with Gasteiger partial charge >= 0.3 is 0 Å². The van der Waals surface area contributed by atoms with Crippen molar-refractivity contribution in [3.8, 4) is 16.4 Å². The summed E-state index contributed by atoms with van der Waals surface area (Å²) in [6.07, 6.45) is 0. The average molecular weight is 336 g/mol. The van der Waals surface area contributed by atoms with E-state index in [0.29, 0.717) is 5.13 Å². The Kier molecular flexibility index (Phi) is 3.12. The quantitative estimate of drug-likeness (QED) is 0.780. The summed E-state index contributed by atoms with van der Waals surface area (Å²) < 4.78 is 2.49. The molecule has 0 bridgehead atoms. The molecule has 0 atom stereocenters. The van der Waals surface area contributed by atoms with E-state index in [1.165, 1.54) is 16.0 Å². The van der Waals surface area contributed by atoms with Crippen LogP contribution in [0.5, 0.6) is 0 Å². The Balaban J connectivity index is 2.02. The minimum atomic E-state index is -0.0887. The highest BCUT2D eigenvalue weighted by Gasteiger charge is 2.09. The van der Waals surface area contributed by atoms with Gasteiger partial charge in [0.2, 0.25) is 5.13 Å². The number of rotatable bonds is 2. The first kappa shape index (κ1) is 12.4. The van der Waals surface area contributed by atoms with Crippen molar-refractivity contribution in [2.75, 3.05) is 0 Å². The number of nitrogens with one attached hydrogen (secondary N) is 1. The van der Waals surface area contributed by atoms with Crippen molar-refractivity contribution < 1.29 is 0 Å². The summed E-state index contributed by atoms with van der Waals surface area (Å²) >= 11 is 4.84. The molecule has 0 aliphatic heterocycles. The number of halogens is 1. The van der Waals surface area contributed by atoms with Gasteiger partial charge in [-0.05, 0) is 19.1 Å². The number of nitrogens with zero attached hydrogens (tertiary/aromatic N) is 2. The van der Waals surface area contributed by atoms with Gasteiger partial charge in [-0.1, -0.05) is 28.1 Å². The monoisotopic (exact) mass is 335 g/mol. The van der Waals surface area contributed by atoms with Gasteiger partial charge in [0, 0.05) is 27.2 Å². The summed E-state index contributed by atoms with van der Waals surface area (Å²) in [6.45, 7) is 1.85. The molecule has 0 spiro atoms. The average Bonchev–Trinajstić information content (AvgIpc) is 2.97. The Hall–Kier alpha value is -1.66. The Morgan fingerprint density at radius 1 is 1.32 bits per heavy atom. The summed E-state index contributed by atoms with van der Waals surface area (Å²) in [7, 11) is 0. The van der Waals surface area contributed by atoms with Crippen LogP contribution in [0.4, 0.5) is 0 Å². The van der Waals surface area contributed by atoms with Gasteiger partial charge in [0.15, 0.2) is 0 Å². The SMILES string of the molecule is Cc1cc(=O)n(-c2nc(-c3ccc(Br)cc3)cs2)[nH]1. The van der Waals surface area contributed by atoms with E-state index in [2.05, 4.69) is 26.0 Å². The fraction of sp³-hybridized carbons (Fsp3) is 0.0769. The molecule has 96 valence electrons. The predicted molar refractivity (Wildman–Crippen MR) is 79.9 cm³/mol. The molecule has 1 N–H and O–H groups in total. The van der Waals surface area contributed by atoms with E-state index in [1.54, 1.807) is 6.07 Å². The Bertz CT molecular complexity index is 770. The maximum atomic E-state index is 11.7. The van der Waals surface area contributed by atoms with Gasteiger partial charge in [-0.2, -0.15) is 4.68 Å². The van der Waals surface area contributed by atoms with Crippen molar-refractivity contribution in [1.29, 1.82) is 0 Å². The molecular weight excluding hydrogens is 326 g/mol. The van der Waals surface area contributed by atoms with E-state index in [-0.39, 0.29) is 5.56 Å². The molecule has 0 amide bonds. The van der Waals surface area contributed by atoms with Crippen LogP contribution in [-0.2, 0) is 0 Å². The Labute approximate surface area is 121 Å². The second-order valence-corrected chi connectivity index (χ2v) is 5.89. The topological polar surface area (TPSA) is 50.7 Å². The van der Waals surface area contributed by atoms with Crippen LogP contribution < -0.4 is 5.56 Å². The zero-order valence-corrected chi connectivity index (χ0v) is 12.5. The standard InChI is InChI=1S/C13H10BrN3OS/c1-8-6-12(18)17(16-8)13-15-11(7-19-13)9-2-4-10(14)5-3-9/h2-7,16H,1H3. The van der Waals surface area contributed by atoms with Crippen LogP contribution in [0.3, 0.4) is 0 Å². The number of aryl methyl sites for hydroxylation is 1. The van der Waals surface area contributed by atoms with Crippen molar-refractivity contribution in [2.45, 2.75) is 6.92 Å². The van der Waals surface area contributed by atoms with Crippen LogP contribution in [-0.4, -0.2) is 14.8 Å². The van der Waals surface area contributed by atoms with Gasteiger partial charge in [-0.3, -0.25) is 9.89 Å². The van der Waals surface area contributed by atoms with Crippen LogP contribution in [0.2, 0.25) is 0 Å².